The van der Waals surface area contributed by atoms with Crippen molar-refractivity contribution in [2.45, 2.75) is 13.8 Å². The van der Waals surface area contributed by atoms with Gasteiger partial charge in [0.05, 0.1) is 11.4 Å². The molecule has 20 heavy (non-hydrogen) atoms. The van der Waals surface area contributed by atoms with Crippen molar-refractivity contribution >= 4 is 17.2 Å². The summed E-state index contributed by atoms with van der Waals surface area (Å²) < 4.78 is 0. The van der Waals surface area contributed by atoms with Crippen molar-refractivity contribution in [2.24, 2.45) is 15.2 Å². The number of nitriles is 1. The highest BCUT2D eigenvalue weighted by Crippen LogP contribution is 2.23. The van der Waals surface area contributed by atoms with E-state index in [1.165, 1.54) is 0 Å². The summed E-state index contributed by atoms with van der Waals surface area (Å²) in [7, 11) is 0. The largest absolute Gasteiger partial charge is 0.253 e. The third-order valence-electron chi connectivity index (χ3n) is 2.77. The van der Waals surface area contributed by atoms with Gasteiger partial charge in [-0.2, -0.15) is 5.26 Å². The van der Waals surface area contributed by atoms with E-state index in [-0.39, 0.29) is 5.84 Å². The van der Waals surface area contributed by atoms with Gasteiger partial charge in [-0.05, 0) is 37.1 Å². The Balaban J connectivity index is 2.32. The first kappa shape index (κ1) is 13.6. The number of hydrogen-bond acceptors (Lipinski definition) is 3. The molecule has 0 aliphatic heterocycles. The van der Waals surface area contributed by atoms with Gasteiger partial charge in [-0.15, -0.1) is 10.2 Å². The number of rotatable bonds is 2. The van der Waals surface area contributed by atoms with E-state index < -0.39 is 0 Å². The van der Waals surface area contributed by atoms with Crippen LogP contribution in [0.3, 0.4) is 0 Å². The SMILES string of the molecule is Cc1cccc(C)c1N=C(C#N)N=Nc1ccccc1. The van der Waals surface area contributed by atoms with Gasteiger partial charge in [0, 0.05) is 0 Å². The van der Waals surface area contributed by atoms with Crippen molar-refractivity contribution in [2.75, 3.05) is 0 Å². The fourth-order valence-electron chi connectivity index (χ4n) is 1.76. The van der Waals surface area contributed by atoms with E-state index in [4.69, 9.17) is 5.26 Å². The van der Waals surface area contributed by atoms with Gasteiger partial charge in [0.1, 0.15) is 6.07 Å². The number of aliphatic imine (C=N–C) groups is 1. The summed E-state index contributed by atoms with van der Waals surface area (Å²) in [5, 5.41) is 17.0. The molecule has 0 saturated carbocycles. The average molecular weight is 262 g/mol. The molecule has 98 valence electrons. The summed E-state index contributed by atoms with van der Waals surface area (Å²) in [5.41, 5.74) is 3.48. The van der Waals surface area contributed by atoms with Crippen LogP contribution in [-0.2, 0) is 0 Å². The minimum absolute atomic E-state index is 0.0475. The normalized spacial score (nSPS) is 11.6. The number of hydrogen-bond donors (Lipinski definition) is 0. The Kier molecular flexibility index (Phi) is 4.35. The Bertz CT molecular complexity index is 674. The molecule has 0 aromatic heterocycles. The second-order valence-corrected chi connectivity index (χ2v) is 4.32. The molecular formula is C16H14N4. The van der Waals surface area contributed by atoms with Crippen LogP contribution in [0.1, 0.15) is 11.1 Å². The molecule has 0 bridgehead atoms. The zero-order valence-corrected chi connectivity index (χ0v) is 11.4. The van der Waals surface area contributed by atoms with Crippen molar-refractivity contribution in [3.05, 3.63) is 59.7 Å². The third kappa shape index (κ3) is 3.36. The lowest BCUT2D eigenvalue weighted by atomic mass is 10.1. The molecule has 0 aliphatic carbocycles. The second kappa shape index (κ2) is 6.39. The van der Waals surface area contributed by atoms with Crippen molar-refractivity contribution in [3.63, 3.8) is 0 Å². The highest BCUT2D eigenvalue weighted by atomic mass is 15.1. The molecular weight excluding hydrogens is 248 g/mol. The number of aryl methyl sites for hydroxylation is 2. The summed E-state index contributed by atoms with van der Waals surface area (Å²) in [5.74, 6) is 0.0475. The quantitative estimate of drug-likeness (QED) is 0.441. The van der Waals surface area contributed by atoms with E-state index >= 15 is 0 Å². The molecule has 0 spiro atoms. The van der Waals surface area contributed by atoms with Gasteiger partial charge in [0.15, 0.2) is 0 Å². The molecule has 0 N–H and O–H groups in total. The van der Waals surface area contributed by atoms with E-state index in [9.17, 15) is 0 Å². The van der Waals surface area contributed by atoms with Crippen molar-refractivity contribution in [1.29, 1.82) is 5.26 Å². The topological polar surface area (TPSA) is 60.9 Å². The Morgan fingerprint density at radius 2 is 1.60 bits per heavy atom. The monoisotopic (exact) mass is 262 g/mol. The fourth-order valence-corrected chi connectivity index (χ4v) is 1.76. The number of para-hydroxylation sites is 1. The minimum atomic E-state index is 0.0475. The Labute approximate surface area is 118 Å². The number of amidine groups is 1. The Hall–Kier alpha value is -2.80. The molecule has 2 aromatic carbocycles. The fraction of sp³-hybridized carbons (Fsp3) is 0.125. The lowest BCUT2D eigenvalue weighted by molar-refractivity contribution is 1.25. The standard InChI is InChI=1S/C16H14N4/c1-12-7-6-8-13(2)16(12)18-15(11-17)20-19-14-9-4-3-5-10-14/h3-10H,1-2H3. The van der Waals surface area contributed by atoms with Gasteiger partial charge in [0.2, 0.25) is 0 Å². The van der Waals surface area contributed by atoms with E-state index in [0.29, 0.717) is 5.69 Å². The number of nitrogens with zero attached hydrogens (tertiary/aromatic N) is 4. The first-order chi connectivity index (χ1) is 9.70. The molecule has 0 saturated heterocycles. The van der Waals surface area contributed by atoms with E-state index in [1.807, 2.05) is 68.4 Å². The van der Waals surface area contributed by atoms with Crippen LogP contribution in [0.4, 0.5) is 11.4 Å². The number of benzene rings is 2. The van der Waals surface area contributed by atoms with Gasteiger partial charge in [0.25, 0.3) is 5.84 Å². The maximum absolute atomic E-state index is 9.11. The molecule has 0 fully saturated rings. The lowest BCUT2D eigenvalue weighted by Crippen LogP contribution is -1.89. The molecule has 0 aliphatic rings. The molecule has 4 nitrogen and oxygen atoms in total. The smallest absolute Gasteiger partial charge is 0.218 e. The summed E-state index contributed by atoms with van der Waals surface area (Å²) in [6, 6.07) is 17.1. The maximum atomic E-state index is 9.11. The summed E-state index contributed by atoms with van der Waals surface area (Å²) >= 11 is 0. The van der Waals surface area contributed by atoms with Crippen molar-refractivity contribution in [1.82, 2.24) is 0 Å². The zero-order chi connectivity index (χ0) is 14.4. The second-order valence-electron chi connectivity index (χ2n) is 4.32. The van der Waals surface area contributed by atoms with Gasteiger partial charge >= 0.3 is 0 Å². The number of azo groups is 1. The van der Waals surface area contributed by atoms with E-state index in [1.54, 1.807) is 0 Å². The van der Waals surface area contributed by atoms with Gasteiger partial charge < -0.3 is 0 Å². The molecule has 4 heteroatoms. The van der Waals surface area contributed by atoms with Gasteiger partial charge in [-0.3, -0.25) is 0 Å². The van der Waals surface area contributed by atoms with Crippen LogP contribution in [0.2, 0.25) is 0 Å². The molecule has 2 aromatic rings. The molecule has 0 radical (unpaired) electrons. The van der Waals surface area contributed by atoms with E-state index in [0.717, 1.165) is 16.8 Å². The van der Waals surface area contributed by atoms with Gasteiger partial charge in [-0.1, -0.05) is 36.4 Å². The predicted molar refractivity (Wildman–Crippen MR) is 79.6 cm³/mol. The van der Waals surface area contributed by atoms with Crippen LogP contribution in [0.5, 0.6) is 0 Å². The van der Waals surface area contributed by atoms with Gasteiger partial charge in [-0.25, -0.2) is 4.99 Å². The molecule has 0 unspecified atom stereocenters. The zero-order valence-electron chi connectivity index (χ0n) is 11.4. The van der Waals surface area contributed by atoms with Crippen LogP contribution in [0, 0.1) is 25.2 Å². The summed E-state index contributed by atoms with van der Waals surface area (Å²) in [6.07, 6.45) is 0. The van der Waals surface area contributed by atoms with Crippen LogP contribution < -0.4 is 0 Å². The highest BCUT2D eigenvalue weighted by Gasteiger charge is 2.02. The predicted octanol–water partition coefficient (Wildman–Crippen LogP) is 4.64. The minimum Gasteiger partial charge on any atom is -0.218 e. The van der Waals surface area contributed by atoms with Crippen molar-refractivity contribution < 1.29 is 0 Å². The molecule has 0 amide bonds. The van der Waals surface area contributed by atoms with Crippen LogP contribution in [0.25, 0.3) is 0 Å². The molecule has 0 atom stereocenters. The third-order valence-corrected chi connectivity index (χ3v) is 2.77. The summed E-state index contributed by atoms with van der Waals surface area (Å²) in [6.45, 7) is 3.91. The van der Waals surface area contributed by atoms with Crippen LogP contribution in [-0.4, -0.2) is 5.84 Å². The highest BCUT2D eigenvalue weighted by molar-refractivity contribution is 5.99. The maximum Gasteiger partial charge on any atom is 0.253 e. The van der Waals surface area contributed by atoms with Crippen LogP contribution >= 0.6 is 0 Å². The molecule has 2 rings (SSSR count). The summed E-state index contributed by atoms with van der Waals surface area (Å²) in [4.78, 5) is 4.29. The van der Waals surface area contributed by atoms with E-state index in [2.05, 4.69) is 15.2 Å². The van der Waals surface area contributed by atoms with Crippen molar-refractivity contribution in [3.8, 4) is 6.07 Å². The van der Waals surface area contributed by atoms with Crippen LogP contribution in [0.15, 0.2) is 63.8 Å². The first-order valence-corrected chi connectivity index (χ1v) is 6.22. The molecule has 0 heterocycles. The lowest BCUT2D eigenvalue weighted by Gasteiger charge is -2.03. The Morgan fingerprint density at radius 1 is 0.950 bits per heavy atom. The average Bonchev–Trinajstić information content (AvgIpc) is 2.47. The Morgan fingerprint density at radius 3 is 2.20 bits per heavy atom. The first-order valence-electron chi connectivity index (χ1n) is 6.22.